The van der Waals surface area contributed by atoms with E-state index >= 15 is 0 Å². The molecule has 0 radical (unpaired) electrons. The van der Waals surface area contributed by atoms with Gasteiger partial charge in [-0.05, 0) is 29.5 Å². The zero-order valence-electron chi connectivity index (χ0n) is 9.60. The van der Waals surface area contributed by atoms with Gasteiger partial charge in [0.2, 0.25) is 0 Å². The predicted molar refractivity (Wildman–Crippen MR) is 72.0 cm³/mol. The first-order valence-corrected chi connectivity index (χ1v) is 6.95. The average molecular weight is 279 g/mol. The third-order valence-electron chi connectivity index (χ3n) is 3.09. The summed E-state index contributed by atoms with van der Waals surface area (Å²) in [6, 6.07) is 3.74. The van der Waals surface area contributed by atoms with E-state index in [0.717, 1.165) is 13.0 Å². The molecule has 1 amide bonds. The maximum atomic E-state index is 12.4. The lowest BCUT2D eigenvalue weighted by Crippen LogP contribution is -2.35. The van der Waals surface area contributed by atoms with Crippen LogP contribution in [0.5, 0.6) is 0 Å². The molecule has 0 saturated heterocycles. The van der Waals surface area contributed by atoms with E-state index in [9.17, 15) is 4.79 Å². The van der Waals surface area contributed by atoms with E-state index in [1.165, 1.54) is 16.6 Å². The topological polar surface area (TPSA) is 33.2 Å². The summed E-state index contributed by atoms with van der Waals surface area (Å²) in [7, 11) is 0. The van der Waals surface area contributed by atoms with Crippen molar-refractivity contribution in [3.05, 3.63) is 50.9 Å². The van der Waals surface area contributed by atoms with Gasteiger partial charge in [-0.15, -0.1) is 11.3 Å². The average Bonchev–Trinajstić information content (AvgIpc) is 2.85. The fraction of sp³-hybridized carbons (Fsp3) is 0.231. The summed E-state index contributed by atoms with van der Waals surface area (Å²) in [6.45, 7) is 1.42. The van der Waals surface area contributed by atoms with Crippen LogP contribution in [0, 0.1) is 0 Å². The third-order valence-corrected chi connectivity index (χ3v) is 4.45. The van der Waals surface area contributed by atoms with Crippen molar-refractivity contribution < 1.29 is 4.79 Å². The number of fused-ring (bicyclic) bond motifs is 1. The van der Waals surface area contributed by atoms with Crippen molar-refractivity contribution in [2.24, 2.45) is 0 Å². The second-order valence-electron chi connectivity index (χ2n) is 4.20. The molecule has 1 aliphatic heterocycles. The number of thiophene rings is 1. The van der Waals surface area contributed by atoms with Crippen LogP contribution in [0.4, 0.5) is 0 Å². The van der Waals surface area contributed by atoms with Crippen molar-refractivity contribution in [1.82, 2.24) is 9.88 Å². The molecule has 1 aliphatic rings. The van der Waals surface area contributed by atoms with E-state index < -0.39 is 0 Å². The summed E-state index contributed by atoms with van der Waals surface area (Å²) in [5.41, 5.74) is 1.73. The molecule has 0 unspecified atom stereocenters. The maximum Gasteiger partial charge on any atom is 0.257 e. The lowest BCUT2D eigenvalue weighted by Gasteiger charge is -2.27. The second-order valence-corrected chi connectivity index (χ2v) is 5.61. The molecule has 0 saturated carbocycles. The fourth-order valence-electron chi connectivity index (χ4n) is 2.13. The molecule has 3 heterocycles. The number of carbonyl (C=O) groups is 1. The number of amides is 1. The van der Waals surface area contributed by atoms with E-state index in [1.807, 2.05) is 4.90 Å². The summed E-state index contributed by atoms with van der Waals surface area (Å²) in [6.07, 6.45) is 4.05. The van der Waals surface area contributed by atoms with Crippen molar-refractivity contribution in [2.45, 2.75) is 13.0 Å². The molecule has 3 rings (SSSR count). The van der Waals surface area contributed by atoms with E-state index in [4.69, 9.17) is 11.6 Å². The first-order chi connectivity index (χ1) is 8.75. The number of aromatic nitrogens is 1. The standard InChI is InChI=1S/C13H11ClN2OS/c14-11-1-4-15-7-10(11)13(17)16-5-2-12-9(8-16)3-6-18-12/h1,3-4,6-7H,2,5,8H2. The van der Waals surface area contributed by atoms with Crippen LogP contribution in [-0.4, -0.2) is 22.3 Å². The minimum Gasteiger partial charge on any atom is -0.334 e. The molecule has 3 nitrogen and oxygen atoms in total. The Kier molecular flexibility index (Phi) is 3.06. The van der Waals surface area contributed by atoms with Gasteiger partial charge in [-0.25, -0.2) is 0 Å². The van der Waals surface area contributed by atoms with Crippen molar-refractivity contribution in [1.29, 1.82) is 0 Å². The molecule has 0 aliphatic carbocycles. The fourth-order valence-corrected chi connectivity index (χ4v) is 3.20. The van der Waals surface area contributed by atoms with Crippen LogP contribution >= 0.6 is 22.9 Å². The lowest BCUT2D eigenvalue weighted by atomic mass is 10.1. The molecule has 0 fully saturated rings. The van der Waals surface area contributed by atoms with Crippen molar-refractivity contribution in [3.63, 3.8) is 0 Å². The van der Waals surface area contributed by atoms with Crippen LogP contribution in [0.2, 0.25) is 5.02 Å². The zero-order chi connectivity index (χ0) is 12.5. The Hall–Kier alpha value is -1.39. The van der Waals surface area contributed by atoms with Crippen LogP contribution in [0.1, 0.15) is 20.8 Å². The number of carbonyl (C=O) groups excluding carboxylic acids is 1. The number of nitrogens with zero attached hydrogens (tertiary/aromatic N) is 2. The lowest BCUT2D eigenvalue weighted by molar-refractivity contribution is 0.0735. The summed E-state index contributed by atoms with van der Waals surface area (Å²) < 4.78 is 0. The predicted octanol–water partition coefficient (Wildman–Crippen LogP) is 3.00. The Bertz CT molecular complexity index is 596. The minimum absolute atomic E-state index is 0.0371. The van der Waals surface area contributed by atoms with Crippen LogP contribution < -0.4 is 0 Å². The molecule has 92 valence electrons. The van der Waals surface area contributed by atoms with Crippen LogP contribution in [0.15, 0.2) is 29.9 Å². The molecule has 0 spiro atoms. The SMILES string of the molecule is O=C(c1cnccc1Cl)N1CCc2sccc2C1. The largest absolute Gasteiger partial charge is 0.334 e. The molecule has 5 heteroatoms. The molecule has 18 heavy (non-hydrogen) atoms. The first-order valence-electron chi connectivity index (χ1n) is 5.70. The van der Waals surface area contributed by atoms with Gasteiger partial charge in [0.15, 0.2) is 0 Å². The molecule has 0 bridgehead atoms. The van der Waals surface area contributed by atoms with E-state index in [2.05, 4.69) is 16.4 Å². The second kappa shape index (κ2) is 4.71. The van der Waals surface area contributed by atoms with Gasteiger partial charge in [-0.3, -0.25) is 9.78 Å². The van der Waals surface area contributed by atoms with Gasteiger partial charge in [-0.2, -0.15) is 0 Å². The molecule has 0 aromatic carbocycles. The number of hydrogen-bond acceptors (Lipinski definition) is 3. The number of rotatable bonds is 1. The summed E-state index contributed by atoms with van der Waals surface area (Å²) >= 11 is 7.79. The van der Waals surface area contributed by atoms with Gasteiger partial charge in [0.25, 0.3) is 5.91 Å². The monoisotopic (exact) mass is 278 g/mol. The van der Waals surface area contributed by atoms with E-state index in [-0.39, 0.29) is 5.91 Å². The van der Waals surface area contributed by atoms with Crippen LogP contribution in [0.25, 0.3) is 0 Å². The summed E-state index contributed by atoms with van der Waals surface area (Å²) in [5, 5.41) is 2.54. The Morgan fingerprint density at radius 3 is 3.17 bits per heavy atom. The molecule has 0 N–H and O–H groups in total. The Morgan fingerprint density at radius 2 is 2.33 bits per heavy atom. The van der Waals surface area contributed by atoms with Gasteiger partial charge in [0, 0.05) is 30.4 Å². The highest BCUT2D eigenvalue weighted by Crippen LogP contribution is 2.26. The van der Waals surface area contributed by atoms with Crippen molar-refractivity contribution in [3.8, 4) is 0 Å². The highest BCUT2D eigenvalue weighted by Gasteiger charge is 2.23. The summed E-state index contributed by atoms with van der Waals surface area (Å²) in [4.78, 5) is 19.5. The van der Waals surface area contributed by atoms with Crippen LogP contribution in [-0.2, 0) is 13.0 Å². The molecular formula is C13H11ClN2OS. The van der Waals surface area contributed by atoms with E-state index in [0.29, 0.717) is 17.1 Å². The van der Waals surface area contributed by atoms with Gasteiger partial charge in [0.1, 0.15) is 0 Å². The molecule has 0 atom stereocenters. The van der Waals surface area contributed by atoms with Gasteiger partial charge in [-0.1, -0.05) is 11.6 Å². The third kappa shape index (κ3) is 2.02. The molecule has 2 aromatic heterocycles. The zero-order valence-corrected chi connectivity index (χ0v) is 11.2. The highest BCUT2D eigenvalue weighted by molar-refractivity contribution is 7.10. The van der Waals surface area contributed by atoms with Crippen molar-refractivity contribution >= 4 is 28.8 Å². The Balaban J connectivity index is 1.85. The molecule has 2 aromatic rings. The summed E-state index contributed by atoms with van der Waals surface area (Å²) in [5.74, 6) is -0.0371. The minimum atomic E-state index is -0.0371. The quantitative estimate of drug-likeness (QED) is 0.803. The highest BCUT2D eigenvalue weighted by atomic mass is 35.5. The normalized spacial score (nSPS) is 14.4. The first kappa shape index (κ1) is 11.7. The Labute approximate surface area is 114 Å². The van der Waals surface area contributed by atoms with Gasteiger partial charge < -0.3 is 4.90 Å². The van der Waals surface area contributed by atoms with Gasteiger partial charge in [0.05, 0.1) is 10.6 Å². The van der Waals surface area contributed by atoms with Crippen LogP contribution in [0.3, 0.4) is 0 Å². The number of halogens is 1. The number of hydrogen-bond donors (Lipinski definition) is 0. The Morgan fingerprint density at radius 1 is 1.44 bits per heavy atom. The van der Waals surface area contributed by atoms with E-state index in [1.54, 1.807) is 23.6 Å². The maximum absolute atomic E-state index is 12.4. The molecular weight excluding hydrogens is 268 g/mol. The van der Waals surface area contributed by atoms with Crippen molar-refractivity contribution in [2.75, 3.05) is 6.54 Å². The number of pyridine rings is 1. The smallest absolute Gasteiger partial charge is 0.257 e. The van der Waals surface area contributed by atoms with Gasteiger partial charge >= 0.3 is 0 Å².